The average Bonchev–Trinajstić information content (AvgIpc) is 3.07. The van der Waals surface area contributed by atoms with Crippen LogP contribution in [0, 0.1) is 0 Å². The zero-order valence-corrected chi connectivity index (χ0v) is 15.6. The minimum atomic E-state index is 0.755. The number of nitrogens with zero attached hydrogens (tertiary/aromatic N) is 4. The fourth-order valence-electron chi connectivity index (χ4n) is 3.26. The van der Waals surface area contributed by atoms with E-state index in [0.29, 0.717) is 0 Å². The van der Waals surface area contributed by atoms with E-state index in [2.05, 4.69) is 33.0 Å². The maximum Gasteiger partial charge on any atom is 0.128 e. The third-order valence-electron chi connectivity index (χ3n) is 4.62. The van der Waals surface area contributed by atoms with Crippen molar-refractivity contribution in [2.45, 2.75) is 12.8 Å². The zero-order valence-electron chi connectivity index (χ0n) is 14.1. The van der Waals surface area contributed by atoms with Crippen LogP contribution in [0.3, 0.4) is 0 Å². The highest BCUT2D eigenvalue weighted by Gasteiger charge is 2.17. The highest BCUT2D eigenvalue weighted by molar-refractivity contribution is 7.18. The van der Waals surface area contributed by atoms with E-state index >= 15 is 0 Å². The van der Waals surface area contributed by atoms with Crippen molar-refractivity contribution >= 4 is 39.0 Å². The van der Waals surface area contributed by atoms with Crippen molar-refractivity contribution in [2.24, 2.45) is 0 Å². The van der Waals surface area contributed by atoms with Gasteiger partial charge >= 0.3 is 0 Å². The smallest absolute Gasteiger partial charge is 0.128 e. The summed E-state index contributed by atoms with van der Waals surface area (Å²) in [5.74, 6) is 1.09. The van der Waals surface area contributed by atoms with E-state index in [0.717, 1.165) is 61.9 Å². The molecule has 4 rings (SSSR count). The molecule has 0 radical (unpaired) electrons. The van der Waals surface area contributed by atoms with Gasteiger partial charge in [0.25, 0.3) is 0 Å². The van der Waals surface area contributed by atoms with Crippen LogP contribution in [-0.4, -0.2) is 47.6 Å². The minimum Gasteiger partial charge on any atom is -0.354 e. The van der Waals surface area contributed by atoms with Crippen LogP contribution in [0.15, 0.2) is 42.6 Å². The number of thiazole rings is 1. The van der Waals surface area contributed by atoms with Crippen molar-refractivity contribution in [3.05, 3.63) is 52.6 Å². The third kappa shape index (κ3) is 3.94. The highest BCUT2D eigenvalue weighted by atomic mass is 35.5. The van der Waals surface area contributed by atoms with Crippen LogP contribution in [0.25, 0.3) is 10.2 Å². The molecule has 4 nitrogen and oxygen atoms in total. The number of hydrogen-bond donors (Lipinski definition) is 0. The van der Waals surface area contributed by atoms with Gasteiger partial charge in [-0.05, 0) is 37.2 Å². The van der Waals surface area contributed by atoms with E-state index in [-0.39, 0.29) is 0 Å². The van der Waals surface area contributed by atoms with E-state index in [9.17, 15) is 0 Å². The topological polar surface area (TPSA) is 32.3 Å². The lowest BCUT2D eigenvalue weighted by atomic mass is 10.2. The lowest BCUT2D eigenvalue weighted by molar-refractivity contribution is 0.254. The molecule has 0 bridgehead atoms. The SMILES string of the molecule is Clc1cccc2sc(CCCN3CCN(c4ccccn4)CC3)nc12. The molecule has 0 saturated carbocycles. The Hall–Kier alpha value is -1.69. The molecule has 2 aromatic heterocycles. The standard InChI is InChI=1S/C19H21ClN4S/c20-15-5-3-6-16-19(15)22-18(25-16)8-4-10-23-11-13-24(14-12-23)17-7-1-2-9-21-17/h1-3,5-7,9H,4,8,10-14H2. The fourth-order valence-corrected chi connectivity index (χ4v) is 4.57. The van der Waals surface area contributed by atoms with E-state index in [1.54, 1.807) is 11.3 Å². The maximum absolute atomic E-state index is 6.22. The predicted molar refractivity (Wildman–Crippen MR) is 106 cm³/mol. The Morgan fingerprint density at radius 1 is 1.04 bits per heavy atom. The molecule has 0 amide bonds. The summed E-state index contributed by atoms with van der Waals surface area (Å²) >= 11 is 7.98. The molecule has 1 aromatic carbocycles. The molecular weight excluding hydrogens is 352 g/mol. The molecule has 1 fully saturated rings. The number of fused-ring (bicyclic) bond motifs is 1. The second kappa shape index (κ2) is 7.68. The quantitative estimate of drug-likeness (QED) is 0.675. The predicted octanol–water partition coefficient (Wildman–Crippen LogP) is 4.10. The number of aryl methyl sites for hydroxylation is 1. The molecule has 0 N–H and O–H groups in total. The Balaban J connectivity index is 1.26. The number of benzene rings is 1. The number of piperazine rings is 1. The summed E-state index contributed by atoms with van der Waals surface area (Å²) in [5.41, 5.74) is 0.952. The number of anilines is 1. The van der Waals surface area contributed by atoms with Gasteiger partial charge in [0.05, 0.1) is 14.7 Å². The Labute approximate surface area is 157 Å². The third-order valence-corrected chi connectivity index (χ3v) is 6.01. The second-order valence-corrected chi connectivity index (χ2v) is 7.84. The van der Waals surface area contributed by atoms with Crippen LogP contribution in [-0.2, 0) is 6.42 Å². The molecule has 0 spiro atoms. The number of pyridine rings is 1. The van der Waals surface area contributed by atoms with E-state index < -0.39 is 0 Å². The Morgan fingerprint density at radius 3 is 2.68 bits per heavy atom. The number of aromatic nitrogens is 2. The molecule has 1 saturated heterocycles. The average molecular weight is 373 g/mol. The molecule has 1 aliphatic rings. The summed E-state index contributed by atoms with van der Waals surface area (Å²) in [4.78, 5) is 14.1. The van der Waals surface area contributed by atoms with Crippen molar-refractivity contribution in [1.29, 1.82) is 0 Å². The Kier molecular flexibility index (Phi) is 5.15. The van der Waals surface area contributed by atoms with Gasteiger partial charge in [0.2, 0.25) is 0 Å². The molecule has 25 heavy (non-hydrogen) atoms. The molecule has 6 heteroatoms. The van der Waals surface area contributed by atoms with Gasteiger partial charge in [0.15, 0.2) is 0 Å². The second-order valence-electron chi connectivity index (χ2n) is 6.31. The maximum atomic E-state index is 6.22. The van der Waals surface area contributed by atoms with Crippen molar-refractivity contribution < 1.29 is 0 Å². The minimum absolute atomic E-state index is 0.755. The van der Waals surface area contributed by atoms with Crippen molar-refractivity contribution in [3.8, 4) is 0 Å². The normalized spacial score (nSPS) is 15.8. The summed E-state index contributed by atoms with van der Waals surface area (Å²) in [6, 6.07) is 12.1. The van der Waals surface area contributed by atoms with Crippen LogP contribution in [0.4, 0.5) is 5.82 Å². The van der Waals surface area contributed by atoms with Gasteiger partial charge < -0.3 is 4.90 Å². The van der Waals surface area contributed by atoms with Gasteiger partial charge in [-0.3, -0.25) is 4.90 Å². The van der Waals surface area contributed by atoms with Crippen LogP contribution in [0.1, 0.15) is 11.4 Å². The lowest BCUT2D eigenvalue weighted by Crippen LogP contribution is -2.46. The Bertz CT molecular complexity index is 828. The van der Waals surface area contributed by atoms with Crippen LogP contribution in [0.5, 0.6) is 0 Å². The Morgan fingerprint density at radius 2 is 1.92 bits per heavy atom. The monoisotopic (exact) mass is 372 g/mol. The first kappa shape index (κ1) is 16.8. The molecule has 0 unspecified atom stereocenters. The summed E-state index contributed by atoms with van der Waals surface area (Å²) in [6.45, 7) is 5.42. The number of halogens is 1. The highest BCUT2D eigenvalue weighted by Crippen LogP contribution is 2.28. The lowest BCUT2D eigenvalue weighted by Gasteiger charge is -2.35. The van der Waals surface area contributed by atoms with E-state index in [1.165, 1.54) is 9.71 Å². The molecular formula is C19H21ClN4S. The van der Waals surface area contributed by atoms with Gasteiger partial charge in [0.1, 0.15) is 11.3 Å². The van der Waals surface area contributed by atoms with Gasteiger partial charge in [-0.2, -0.15) is 0 Å². The zero-order chi connectivity index (χ0) is 17.1. The van der Waals surface area contributed by atoms with Gasteiger partial charge in [-0.25, -0.2) is 9.97 Å². The van der Waals surface area contributed by atoms with Gasteiger partial charge in [-0.1, -0.05) is 23.7 Å². The largest absolute Gasteiger partial charge is 0.354 e. The first-order chi connectivity index (χ1) is 12.3. The number of rotatable bonds is 5. The van der Waals surface area contributed by atoms with Crippen LogP contribution < -0.4 is 4.90 Å². The first-order valence-electron chi connectivity index (χ1n) is 8.72. The van der Waals surface area contributed by atoms with Gasteiger partial charge in [-0.15, -0.1) is 11.3 Å². The molecule has 3 heterocycles. The summed E-state index contributed by atoms with van der Waals surface area (Å²) in [6.07, 6.45) is 4.03. The summed E-state index contributed by atoms with van der Waals surface area (Å²) in [5, 5.41) is 1.95. The number of hydrogen-bond acceptors (Lipinski definition) is 5. The van der Waals surface area contributed by atoms with Crippen molar-refractivity contribution in [2.75, 3.05) is 37.6 Å². The fraction of sp³-hybridized carbons (Fsp3) is 0.368. The van der Waals surface area contributed by atoms with Crippen molar-refractivity contribution in [1.82, 2.24) is 14.9 Å². The van der Waals surface area contributed by atoms with Crippen molar-refractivity contribution in [3.63, 3.8) is 0 Å². The van der Waals surface area contributed by atoms with Gasteiger partial charge in [0, 0.05) is 38.8 Å². The van der Waals surface area contributed by atoms with E-state index in [4.69, 9.17) is 16.6 Å². The summed E-state index contributed by atoms with van der Waals surface area (Å²) < 4.78 is 1.19. The molecule has 0 aliphatic carbocycles. The molecule has 1 aliphatic heterocycles. The van der Waals surface area contributed by atoms with Crippen LogP contribution >= 0.6 is 22.9 Å². The van der Waals surface area contributed by atoms with Crippen LogP contribution in [0.2, 0.25) is 5.02 Å². The summed E-state index contributed by atoms with van der Waals surface area (Å²) in [7, 11) is 0. The molecule has 0 atom stereocenters. The first-order valence-corrected chi connectivity index (χ1v) is 9.91. The van der Waals surface area contributed by atoms with E-state index in [1.807, 2.05) is 24.4 Å². The molecule has 3 aromatic rings. The number of para-hydroxylation sites is 1. The molecule has 130 valence electrons.